The average molecular weight is 492 g/mol. The lowest BCUT2D eigenvalue weighted by Crippen LogP contribution is -2.35. The minimum Gasteiger partial charge on any atom is -0.379 e. The molecule has 0 bridgehead atoms. The number of carbonyl (C=O) groups is 2. The Balaban J connectivity index is 1.13. The molecule has 1 atom stereocenters. The van der Waals surface area contributed by atoms with E-state index >= 15 is 0 Å². The predicted molar refractivity (Wildman–Crippen MR) is 135 cm³/mol. The van der Waals surface area contributed by atoms with Gasteiger partial charge in [-0.2, -0.15) is 0 Å². The van der Waals surface area contributed by atoms with Gasteiger partial charge in [0.1, 0.15) is 5.01 Å². The third-order valence-corrected chi connectivity index (χ3v) is 7.32. The van der Waals surface area contributed by atoms with Gasteiger partial charge >= 0.3 is 0 Å². The Hall–Kier alpha value is -3.14. The Bertz CT molecular complexity index is 1150. The van der Waals surface area contributed by atoms with Crippen LogP contribution in [0.4, 0.5) is 10.8 Å². The quantitative estimate of drug-likeness (QED) is 0.521. The second-order valence-electron chi connectivity index (χ2n) is 8.94. The first kappa shape index (κ1) is 23.6. The Morgan fingerprint density at radius 1 is 1.00 bits per heavy atom. The fourth-order valence-corrected chi connectivity index (χ4v) is 5.18. The van der Waals surface area contributed by atoms with Gasteiger partial charge in [0.05, 0.1) is 19.1 Å². The molecule has 3 heterocycles. The summed E-state index contributed by atoms with van der Waals surface area (Å²) >= 11 is 1.39. The molecule has 0 saturated carbocycles. The minimum absolute atomic E-state index is 0.0353. The summed E-state index contributed by atoms with van der Waals surface area (Å²) in [6.45, 7) is 4.66. The highest BCUT2D eigenvalue weighted by Gasteiger charge is 2.35. The molecule has 35 heavy (non-hydrogen) atoms. The predicted octanol–water partition coefficient (Wildman–Crippen LogP) is 3.15. The topological polar surface area (TPSA) is 87.7 Å². The number of hydrogen-bond acceptors (Lipinski definition) is 7. The Labute approximate surface area is 208 Å². The van der Waals surface area contributed by atoms with Crippen LogP contribution in [0, 0.1) is 5.92 Å². The third-order valence-electron chi connectivity index (χ3n) is 6.42. The van der Waals surface area contributed by atoms with Gasteiger partial charge in [-0.25, -0.2) is 0 Å². The van der Waals surface area contributed by atoms with Crippen LogP contribution in [0.25, 0.3) is 0 Å². The number of carbonyl (C=O) groups excluding carboxylic acids is 2. The van der Waals surface area contributed by atoms with Crippen molar-refractivity contribution in [2.45, 2.75) is 25.8 Å². The van der Waals surface area contributed by atoms with Crippen molar-refractivity contribution in [2.75, 3.05) is 43.1 Å². The maximum absolute atomic E-state index is 12.8. The molecule has 2 aromatic carbocycles. The van der Waals surface area contributed by atoms with Gasteiger partial charge < -0.3 is 15.0 Å². The molecule has 1 unspecified atom stereocenters. The average Bonchev–Trinajstić information content (AvgIpc) is 3.51. The molecule has 1 N–H and O–H groups in total. The Morgan fingerprint density at radius 3 is 2.54 bits per heavy atom. The third kappa shape index (κ3) is 6.11. The summed E-state index contributed by atoms with van der Waals surface area (Å²) in [6.07, 6.45) is 1.84. The van der Waals surface area contributed by atoms with E-state index in [0.29, 0.717) is 11.7 Å². The molecular weight excluding hydrogens is 462 g/mol. The summed E-state index contributed by atoms with van der Waals surface area (Å²) in [4.78, 5) is 29.6. The molecule has 3 aromatic rings. The molecule has 182 valence electrons. The van der Waals surface area contributed by atoms with E-state index in [2.05, 4.69) is 44.7 Å². The van der Waals surface area contributed by atoms with E-state index in [-0.39, 0.29) is 18.2 Å². The zero-order valence-corrected chi connectivity index (χ0v) is 20.4. The molecule has 8 nitrogen and oxygen atoms in total. The highest BCUT2D eigenvalue weighted by atomic mass is 32.1. The Kier molecular flexibility index (Phi) is 7.46. The number of nitrogens with one attached hydrogen (secondary N) is 1. The molecule has 2 fully saturated rings. The summed E-state index contributed by atoms with van der Waals surface area (Å²) < 4.78 is 5.41. The van der Waals surface area contributed by atoms with Crippen molar-refractivity contribution >= 4 is 34.0 Å². The first-order chi connectivity index (χ1) is 17.1. The number of amides is 2. The SMILES string of the molecule is O=C(Nc1nnc(CCc2ccccc2)s1)C1CC(=O)N(c2ccc(CN3CCOCC3)cc2)C1. The van der Waals surface area contributed by atoms with Gasteiger partial charge in [0.2, 0.25) is 16.9 Å². The summed E-state index contributed by atoms with van der Waals surface area (Å²) in [7, 11) is 0. The molecule has 2 amide bonds. The van der Waals surface area contributed by atoms with E-state index in [0.717, 1.165) is 56.4 Å². The first-order valence-corrected chi connectivity index (χ1v) is 12.8. The normalized spacial score (nSPS) is 18.7. The van der Waals surface area contributed by atoms with Crippen LogP contribution >= 0.6 is 11.3 Å². The lowest BCUT2D eigenvalue weighted by Gasteiger charge is -2.26. The number of aromatic nitrogens is 2. The van der Waals surface area contributed by atoms with Gasteiger partial charge in [-0.1, -0.05) is 53.8 Å². The van der Waals surface area contributed by atoms with Crippen LogP contribution in [-0.2, 0) is 33.7 Å². The Morgan fingerprint density at radius 2 is 1.77 bits per heavy atom. The minimum atomic E-state index is -0.410. The summed E-state index contributed by atoms with van der Waals surface area (Å²) in [5.74, 6) is -0.630. The van der Waals surface area contributed by atoms with Crippen molar-refractivity contribution in [3.63, 3.8) is 0 Å². The van der Waals surface area contributed by atoms with E-state index in [1.165, 1.54) is 22.5 Å². The summed E-state index contributed by atoms with van der Waals surface area (Å²) in [6, 6.07) is 18.3. The standard InChI is InChI=1S/C26H29N5O3S/c32-24-16-21(18-31(24)22-9-6-20(7-10-22)17-30-12-14-34-15-13-30)25(33)27-26-29-28-23(35-26)11-8-19-4-2-1-3-5-19/h1-7,9-10,21H,8,11-18H2,(H,27,29,33). The van der Waals surface area contributed by atoms with Crippen molar-refractivity contribution in [1.29, 1.82) is 0 Å². The monoisotopic (exact) mass is 491 g/mol. The number of morpholine rings is 1. The van der Waals surface area contributed by atoms with Crippen molar-refractivity contribution in [3.8, 4) is 0 Å². The molecule has 0 spiro atoms. The van der Waals surface area contributed by atoms with Crippen molar-refractivity contribution < 1.29 is 14.3 Å². The second-order valence-corrected chi connectivity index (χ2v) is 10.00. The highest BCUT2D eigenvalue weighted by Crippen LogP contribution is 2.27. The van der Waals surface area contributed by atoms with Crippen LogP contribution in [-0.4, -0.2) is 59.8 Å². The first-order valence-electron chi connectivity index (χ1n) is 12.0. The van der Waals surface area contributed by atoms with Crippen LogP contribution in [0.2, 0.25) is 0 Å². The summed E-state index contributed by atoms with van der Waals surface area (Å²) in [5, 5.41) is 12.5. The van der Waals surface area contributed by atoms with Gasteiger partial charge in [0, 0.05) is 44.7 Å². The zero-order chi connectivity index (χ0) is 24.0. The van der Waals surface area contributed by atoms with Gasteiger partial charge in [0.25, 0.3) is 0 Å². The fourth-order valence-electron chi connectivity index (χ4n) is 4.44. The molecule has 0 aliphatic carbocycles. The number of aryl methyl sites for hydroxylation is 2. The highest BCUT2D eigenvalue weighted by molar-refractivity contribution is 7.15. The molecule has 2 saturated heterocycles. The maximum atomic E-state index is 12.8. The van der Waals surface area contributed by atoms with Crippen molar-refractivity contribution in [2.24, 2.45) is 5.92 Å². The largest absolute Gasteiger partial charge is 0.379 e. The smallest absolute Gasteiger partial charge is 0.231 e. The van der Waals surface area contributed by atoms with Gasteiger partial charge in [0.15, 0.2) is 0 Å². The molecule has 0 radical (unpaired) electrons. The zero-order valence-electron chi connectivity index (χ0n) is 19.6. The van der Waals surface area contributed by atoms with Crippen LogP contribution < -0.4 is 10.2 Å². The van der Waals surface area contributed by atoms with Crippen molar-refractivity contribution in [1.82, 2.24) is 15.1 Å². The number of ether oxygens (including phenoxy) is 1. The van der Waals surface area contributed by atoms with E-state index in [1.54, 1.807) is 4.90 Å². The number of nitrogens with zero attached hydrogens (tertiary/aromatic N) is 4. The summed E-state index contributed by atoms with van der Waals surface area (Å²) in [5.41, 5.74) is 3.28. The molecule has 2 aliphatic rings. The van der Waals surface area contributed by atoms with E-state index in [4.69, 9.17) is 4.74 Å². The van der Waals surface area contributed by atoms with Gasteiger partial charge in [-0.15, -0.1) is 10.2 Å². The van der Waals surface area contributed by atoms with Crippen LogP contribution in [0.15, 0.2) is 54.6 Å². The van der Waals surface area contributed by atoms with Crippen LogP contribution in [0.1, 0.15) is 22.6 Å². The molecule has 2 aliphatic heterocycles. The lowest BCUT2D eigenvalue weighted by atomic mass is 10.1. The number of hydrogen-bond donors (Lipinski definition) is 1. The molecule has 5 rings (SSSR count). The molecule has 1 aromatic heterocycles. The molecule has 9 heteroatoms. The number of benzene rings is 2. The van der Waals surface area contributed by atoms with E-state index in [1.807, 2.05) is 30.3 Å². The number of rotatable bonds is 8. The van der Waals surface area contributed by atoms with Crippen molar-refractivity contribution in [3.05, 3.63) is 70.7 Å². The van der Waals surface area contributed by atoms with Crippen LogP contribution in [0.5, 0.6) is 0 Å². The van der Waals surface area contributed by atoms with E-state index in [9.17, 15) is 9.59 Å². The van der Waals surface area contributed by atoms with Gasteiger partial charge in [-0.3, -0.25) is 14.5 Å². The fraction of sp³-hybridized carbons (Fsp3) is 0.385. The van der Waals surface area contributed by atoms with Gasteiger partial charge in [-0.05, 0) is 29.7 Å². The lowest BCUT2D eigenvalue weighted by molar-refractivity contribution is -0.122. The second kappa shape index (κ2) is 11.1. The number of anilines is 2. The molecular formula is C26H29N5O3S. The maximum Gasteiger partial charge on any atom is 0.231 e. The van der Waals surface area contributed by atoms with Crippen LogP contribution in [0.3, 0.4) is 0 Å². The van der Waals surface area contributed by atoms with E-state index < -0.39 is 5.92 Å².